The number of benzene rings is 1. The van der Waals surface area contributed by atoms with Crippen molar-refractivity contribution in [1.82, 2.24) is 9.88 Å². The van der Waals surface area contributed by atoms with Crippen LogP contribution in [0.3, 0.4) is 0 Å². The van der Waals surface area contributed by atoms with Gasteiger partial charge in [-0.05, 0) is 36.2 Å². The van der Waals surface area contributed by atoms with Gasteiger partial charge in [-0.2, -0.15) is 0 Å². The monoisotopic (exact) mass is 357 g/mol. The predicted molar refractivity (Wildman–Crippen MR) is 98.0 cm³/mol. The van der Waals surface area contributed by atoms with Crippen molar-refractivity contribution in [2.24, 2.45) is 0 Å². The molecule has 138 valence electrons. The molecule has 0 amide bonds. The lowest BCUT2D eigenvalue weighted by Gasteiger charge is -2.18. The van der Waals surface area contributed by atoms with Crippen LogP contribution in [0, 0.1) is 0 Å². The number of aromatic carboxylic acids is 1. The number of aromatic nitrogens is 1. The second kappa shape index (κ2) is 8.05. The summed E-state index contributed by atoms with van der Waals surface area (Å²) in [5, 5.41) is 12.4. The number of nitrogens with one attached hydrogen (secondary N) is 1. The molecule has 26 heavy (non-hydrogen) atoms. The van der Waals surface area contributed by atoms with Crippen LogP contribution in [0.1, 0.15) is 22.5 Å². The van der Waals surface area contributed by atoms with Crippen LogP contribution in [0.5, 0.6) is 11.5 Å². The summed E-state index contributed by atoms with van der Waals surface area (Å²) in [6.07, 6.45) is 0.972. The van der Waals surface area contributed by atoms with Crippen LogP contribution in [0.2, 0.25) is 0 Å². The van der Waals surface area contributed by atoms with Gasteiger partial charge >= 0.3 is 5.97 Å². The third-order valence-electron chi connectivity index (χ3n) is 4.41. The highest BCUT2D eigenvalue weighted by atomic mass is 16.5. The molecule has 7 heteroatoms. The molecule has 1 aliphatic rings. The number of likely N-dealkylation sites (tertiary alicyclic amines) is 1. The molecule has 0 spiro atoms. The molecule has 2 heterocycles. The quantitative estimate of drug-likeness (QED) is 0.787. The number of methoxy groups -OCH3 is 2. The van der Waals surface area contributed by atoms with E-state index in [1.54, 1.807) is 26.4 Å². The Labute approximate surface area is 152 Å². The van der Waals surface area contributed by atoms with Crippen molar-refractivity contribution >= 4 is 11.8 Å². The Morgan fingerprint density at radius 1 is 1.27 bits per heavy atom. The lowest BCUT2D eigenvalue weighted by molar-refractivity contribution is 0.0690. The van der Waals surface area contributed by atoms with E-state index >= 15 is 0 Å². The van der Waals surface area contributed by atoms with E-state index in [4.69, 9.17) is 14.6 Å². The third-order valence-corrected chi connectivity index (χ3v) is 4.41. The molecule has 1 fully saturated rings. The molecule has 0 aliphatic carbocycles. The first-order valence-electron chi connectivity index (χ1n) is 8.48. The van der Waals surface area contributed by atoms with Gasteiger partial charge in [0.1, 0.15) is 17.3 Å². The smallest absolute Gasteiger partial charge is 0.354 e. The largest absolute Gasteiger partial charge is 0.497 e. The van der Waals surface area contributed by atoms with E-state index in [2.05, 4.69) is 15.2 Å². The molecule has 1 aromatic heterocycles. The second-order valence-corrected chi connectivity index (χ2v) is 6.30. The zero-order chi connectivity index (χ0) is 18.5. The lowest BCUT2D eigenvalue weighted by Crippen LogP contribution is -2.26. The van der Waals surface area contributed by atoms with E-state index in [0.29, 0.717) is 5.82 Å². The first-order chi connectivity index (χ1) is 12.6. The number of ether oxygens (including phenoxy) is 2. The Hall–Kier alpha value is -2.80. The van der Waals surface area contributed by atoms with E-state index in [-0.39, 0.29) is 11.7 Å². The summed E-state index contributed by atoms with van der Waals surface area (Å²) >= 11 is 0. The summed E-state index contributed by atoms with van der Waals surface area (Å²) < 4.78 is 10.7. The van der Waals surface area contributed by atoms with Crippen LogP contribution in [-0.2, 0) is 6.54 Å². The Morgan fingerprint density at radius 2 is 2.00 bits per heavy atom. The van der Waals surface area contributed by atoms with Gasteiger partial charge in [0.05, 0.1) is 14.2 Å². The fraction of sp³-hybridized carbons (Fsp3) is 0.368. The number of carbonyl (C=O) groups is 1. The maximum Gasteiger partial charge on any atom is 0.354 e. The van der Waals surface area contributed by atoms with Gasteiger partial charge in [-0.1, -0.05) is 6.07 Å². The first kappa shape index (κ1) is 18.0. The zero-order valence-corrected chi connectivity index (χ0v) is 14.9. The van der Waals surface area contributed by atoms with Crippen molar-refractivity contribution in [3.63, 3.8) is 0 Å². The molecular formula is C19H23N3O4. The van der Waals surface area contributed by atoms with Gasteiger partial charge in [0.25, 0.3) is 0 Å². The number of carboxylic acid groups (broad SMARTS) is 1. The molecule has 1 saturated heterocycles. The minimum Gasteiger partial charge on any atom is -0.497 e. The van der Waals surface area contributed by atoms with Gasteiger partial charge in [-0.3, -0.25) is 4.90 Å². The number of carboxylic acids is 1. The molecule has 3 rings (SSSR count). The molecule has 7 nitrogen and oxygen atoms in total. The summed E-state index contributed by atoms with van der Waals surface area (Å²) in [6, 6.07) is 11.1. The molecule has 1 atom stereocenters. The molecule has 2 aromatic rings. The second-order valence-electron chi connectivity index (χ2n) is 6.30. The number of nitrogens with zero attached hydrogens (tertiary/aromatic N) is 2. The van der Waals surface area contributed by atoms with Gasteiger partial charge in [0.2, 0.25) is 0 Å². The van der Waals surface area contributed by atoms with Crippen LogP contribution in [0.4, 0.5) is 5.82 Å². The molecule has 1 unspecified atom stereocenters. The summed E-state index contributed by atoms with van der Waals surface area (Å²) in [6.45, 7) is 2.61. The van der Waals surface area contributed by atoms with Crippen molar-refractivity contribution in [3.8, 4) is 11.5 Å². The summed E-state index contributed by atoms with van der Waals surface area (Å²) in [5.74, 6) is 1.14. The fourth-order valence-corrected chi connectivity index (χ4v) is 3.15. The van der Waals surface area contributed by atoms with Gasteiger partial charge in [-0.15, -0.1) is 0 Å². The predicted octanol–water partition coefficient (Wildman–Crippen LogP) is 2.48. The molecule has 1 aromatic carbocycles. The Balaban J connectivity index is 1.60. The minimum atomic E-state index is -1.02. The van der Waals surface area contributed by atoms with Gasteiger partial charge in [0.15, 0.2) is 5.69 Å². The van der Waals surface area contributed by atoms with Gasteiger partial charge in [0, 0.05) is 31.7 Å². The molecular weight excluding hydrogens is 334 g/mol. The zero-order valence-electron chi connectivity index (χ0n) is 14.9. The van der Waals surface area contributed by atoms with E-state index in [9.17, 15) is 4.79 Å². The number of anilines is 1. The maximum absolute atomic E-state index is 11.0. The molecule has 0 saturated carbocycles. The number of pyridine rings is 1. The minimum absolute atomic E-state index is 0.0494. The van der Waals surface area contributed by atoms with E-state index in [0.717, 1.165) is 43.1 Å². The van der Waals surface area contributed by atoms with Crippen LogP contribution in [-0.4, -0.2) is 54.3 Å². The highest BCUT2D eigenvalue weighted by Gasteiger charge is 2.23. The van der Waals surface area contributed by atoms with Gasteiger partial charge in [-0.25, -0.2) is 9.78 Å². The van der Waals surface area contributed by atoms with Crippen molar-refractivity contribution < 1.29 is 19.4 Å². The van der Waals surface area contributed by atoms with Gasteiger partial charge < -0.3 is 19.9 Å². The Morgan fingerprint density at radius 3 is 2.65 bits per heavy atom. The van der Waals surface area contributed by atoms with Crippen LogP contribution in [0.15, 0.2) is 36.4 Å². The summed E-state index contributed by atoms with van der Waals surface area (Å²) in [7, 11) is 3.29. The average molecular weight is 357 g/mol. The van der Waals surface area contributed by atoms with E-state index in [1.807, 2.05) is 18.2 Å². The number of hydrogen-bond acceptors (Lipinski definition) is 6. The fourth-order valence-electron chi connectivity index (χ4n) is 3.15. The first-order valence-corrected chi connectivity index (χ1v) is 8.48. The number of hydrogen-bond donors (Lipinski definition) is 2. The summed E-state index contributed by atoms with van der Waals surface area (Å²) in [4.78, 5) is 17.5. The summed E-state index contributed by atoms with van der Waals surface area (Å²) in [5.41, 5.74) is 1.18. The van der Waals surface area contributed by atoms with Crippen molar-refractivity contribution in [1.29, 1.82) is 0 Å². The Kier molecular flexibility index (Phi) is 5.58. The molecule has 0 radical (unpaired) electrons. The van der Waals surface area contributed by atoms with Crippen molar-refractivity contribution in [3.05, 3.63) is 47.7 Å². The van der Waals surface area contributed by atoms with Crippen LogP contribution < -0.4 is 14.8 Å². The lowest BCUT2D eigenvalue weighted by atomic mass is 10.2. The SMILES string of the molecule is COc1cc(CN2CCC(Nc3cccc(C(=O)O)n3)C2)cc(OC)c1. The van der Waals surface area contributed by atoms with Crippen molar-refractivity contribution in [2.75, 3.05) is 32.6 Å². The molecule has 0 bridgehead atoms. The highest BCUT2D eigenvalue weighted by Crippen LogP contribution is 2.25. The topological polar surface area (TPSA) is 83.9 Å². The van der Waals surface area contributed by atoms with E-state index < -0.39 is 5.97 Å². The van der Waals surface area contributed by atoms with Crippen LogP contribution >= 0.6 is 0 Å². The molecule has 1 aliphatic heterocycles. The average Bonchev–Trinajstić information content (AvgIpc) is 3.08. The van der Waals surface area contributed by atoms with E-state index in [1.165, 1.54) is 6.07 Å². The number of rotatable bonds is 7. The third kappa shape index (κ3) is 4.43. The van der Waals surface area contributed by atoms with Crippen LogP contribution in [0.25, 0.3) is 0 Å². The maximum atomic E-state index is 11.0. The normalized spacial score (nSPS) is 17.1. The highest BCUT2D eigenvalue weighted by molar-refractivity contribution is 5.85. The molecule has 2 N–H and O–H groups in total. The van der Waals surface area contributed by atoms with Crippen molar-refractivity contribution in [2.45, 2.75) is 19.0 Å². The standard InChI is InChI=1S/C19H23N3O4/c1-25-15-8-13(9-16(10-15)26-2)11-22-7-6-14(12-22)20-18-5-3-4-17(21-18)19(23)24/h3-5,8-10,14H,6-7,11-12H2,1-2H3,(H,20,21)(H,23,24). The Bertz CT molecular complexity index is 759.